The van der Waals surface area contributed by atoms with Crippen molar-refractivity contribution in [2.75, 3.05) is 5.75 Å². The molecule has 8 heteroatoms. The smallest absolute Gasteiger partial charge is 0.336 e. The van der Waals surface area contributed by atoms with E-state index in [0.29, 0.717) is 35.1 Å². The van der Waals surface area contributed by atoms with Crippen LogP contribution in [0.15, 0.2) is 44.1 Å². The first kappa shape index (κ1) is 21.0. The standard InChI is InChI=1S/C19H25N3O4S/c1-5-7-13-9-15(26-16(23)10-13)14(8-6-2)20-18(24)19(4)11-27-17(21-19)12(3)22-25/h5,9-10,14,25H,1,6-8,11H2,2-4H3,(H,20,24)/b22-12+/t14-,19?/m1/s1. The van der Waals surface area contributed by atoms with Crippen molar-refractivity contribution >= 4 is 28.4 Å². The van der Waals surface area contributed by atoms with Gasteiger partial charge < -0.3 is 14.9 Å². The van der Waals surface area contributed by atoms with Gasteiger partial charge in [0.15, 0.2) is 0 Å². The monoisotopic (exact) mass is 391 g/mol. The second kappa shape index (κ2) is 9.03. The summed E-state index contributed by atoms with van der Waals surface area (Å²) in [5.74, 6) is 0.618. The summed E-state index contributed by atoms with van der Waals surface area (Å²) < 4.78 is 5.35. The minimum atomic E-state index is -0.975. The van der Waals surface area contributed by atoms with Crippen LogP contribution >= 0.6 is 11.8 Å². The minimum Gasteiger partial charge on any atom is -0.426 e. The number of amides is 1. The van der Waals surface area contributed by atoms with Crippen LogP contribution in [-0.2, 0) is 11.2 Å². The van der Waals surface area contributed by atoms with Gasteiger partial charge >= 0.3 is 5.63 Å². The molecular formula is C19H25N3O4S. The fraction of sp³-hybridized carbons (Fsp3) is 0.474. The summed E-state index contributed by atoms with van der Waals surface area (Å²) in [5, 5.41) is 15.6. The number of hydrogen-bond acceptors (Lipinski definition) is 7. The van der Waals surface area contributed by atoms with Crippen molar-refractivity contribution < 1.29 is 14.4 Å². The average molecular weight is 391 g/mol. The van der Waals surface area contributed by atoms with E-state index in [2.05, 4.69) is 22.0 Å². The Morgan fingerprint density at radius 1 is 1.59 bits per heavy atom. The van der Waals surface area contributed by atoms with E-state index in [1.54, 1.807) is 26.0 Å². The van der Waals surface area contributed by atoms with Gasteiger partial charge in [-0.25, -0.2) is 4.79 Å². The number of oxime groups is 1. The maximum Gasteiger partial charge on any atom is 0.336 e. The molecule has 2 atom stereocenters. The number of aliphatic imine (C=N–C) groups is 1. The van der Waals surface area contributed by atoms with Crippen LogP contribution in [0.5, 0.6) is 0 Å². The molecule has 146 valence electrons. The molecule has 1 aromatic heterocycles. The SMILES string of the molecule is C=CCc1cc([C@@H](CCC)NC(=O)C2(C)CSC(/C(C)=N/O)=N2)oc(=O)c1. The summed E-state index contributed by atoms with van der Waals surface area (Å²) in [4.78, 5) is 29.2. The van der Waals surface area contributed by atoms with Gasteiger partial charge in [0.1, 0.15) is 22.1 Å². The van der Waals surface area contributed by atoms with Crippen molar-refractivity contribution in [1.82, 2.24) is 5.32 Å². The lowest BCUT2D eigenvalue weighted by atomic mass is 10.0. The van der Waals surface area contributed by atoms with Crippen LogP contribution in [0.3, 0.4) is 0 Å². The number of thioether (sulfide) groups is 1. The van der Waals surface area contributed by atoms with Gasteiger partial charge in [-0.3, -0.25) is 9.79 Å². The number of nitrogens with zero attached hydrogens (tertiary/aromatic N) is 2. The molecule has 0 spiro atoms. The molecule has 1 unspecified atom stereocenters. The molecule has 2 N–H and O–H groups in total. The van der Waals surface area contributed by atoms with Crippen LogP contribution in [0.25, 0.3) is 0 Å². The Bertz CT molecular complexity index is 830. The fourth-order valence-electron chi connectivity index (χ4n) is 2.74. The third-order valence-electron chi connectivity index (χ3n) is 4.24. The molecule has 0 aliphatic carbocycles. The van der Waals surface area contributed by atoms with Crippen LogP contribution in [0, 0.1) is 0 Å². The molecule has 1 aliphatic heterocycles. The fourth-order valence-corrected chi connectivity index (χ4v) is 3.87. The quantitative estimate of drug-likeness (QED) is 0.307. The van der Waals surface area contributed by atoms with Crippen LogP contribution in [0.2, 0.25) is 0 Å². The zero-order valence-corrected chi connectivity index (χ0v) is 16.6. The highest BCUT2D eigenvalue weighted by Crippen LogP contribution is 2.30. The van der Waals surface area contributed by atoms with E-state index >= 15 is 0 Å². The van der Waals surface area contributed by atoms with E-state index in [1.165, 1.54) is 17.8 Å². The van der Waals surface area contributed by atoms with Crippen molar-refractivity contribution in [3.63, 3.8) is 0 Å². The molecule has 0 radical (unpaired) electrons. The van der Waals surface area contributed by atoms with Gasteiger partial charge in [0, 0.05) is 11.8 Å². The van der Waals surface area contributed by atoms with Crippen LogP contribution in [0.1, 0.15) is 51.0 Å². The lowest BCUT2D eigenvalue weighted by Gasteiger charge is -2.24. The highest BCUT2D eigenvalue weighted by molar-refractivity contribution is 8.16. The van der Waals surface area contributed by atoms with Crippen molar-refractivity contribution in [2.45, 2.75) is 51.6 Å². The van der Waals surface area contributed by atoms with Gasteiger partial charge in [-0.1, -0.05) is 24.6 Å². The normalized spacial score (nSPS) is 20.9. The molecule has 2 rings (SSSR count). The first-order chi connectivity index (χ1) is 12.8. The third kappa shape index (κ3) is 5.09. The molecule has 1 aliphatic rings. The summed E-state index contributed by atoms with van der Waals surface area (Å²) in [6, 6.07) is 2.79. The molecule has 0 bridgehead atoms. The maximum atomic E-state index is 12.9. The highest BCUT2D eigenvalue weighted by Gasteiger charge is 2.40. The van der Waals surface area contributed by atoms with E-state index in [-0.39, 0.29) is 5.91 Å². The third-order valence-corrected chi connectivity index (χ3v) is 5.61. The number of carbonyl (C=O) groups excluding carboxylic acids is 1. The van der Waals surface area contributed by atoms with E-state index in [1.807, 2.05) is 6.92 Å². The number of carbonyl (C=O) groups is 1. The number of nitrogens with one attached hydrogen (secondary N) is 1. The van der Waals surface area contributed by atoms with Crippen molar-refractivity contribution in [2.24, 2.45) is 10.1 Å². The summed E-state index contributed by atoms with van der Waals surface area (Å²) in [5.41, 5.74) is -0.247. The Balaban J connectivity index is 2.26. The summed E-state index contributed by atoms with van der Waals surface area (Å²) in [6.07, 6.45) is 3.69. The van der Waals surface area contributed by atoms with Gasteiger partial charge in [0.25, 0.3) is 0 Å². The Hall–Kier alpha value is -2.35. The molecule has 0 saturated heterocycles. The molecular weight excluding hydrogens is 366 g/mol. The van der Waals surface area contributed by atoms with E-state index in [4.69, 9.17) is 9.62 Å². The van der Waals surface area contributed by atoms with E-state index in [9.17, 15) is 9.59 Å². The Morgan fingerprint density at radius 3 is 2.96 bits per heavy atom. The summed E-state index contributed by atoms with van der Waals surface area (Å²) in [7, 11) is 0. The predicted molar refractivity (Wildman–Crippen MR) is 108 cm³/mol. The zero-order valence-electron chi connectivity index (χ0n) is 15.8. The highest BCUT2D eigenvalue weighted by atomic mass is 32.2. The lowest BCUT2D eigenvalue weighted by molar-refractivity contribution is -0.125. The molecule has 2 heterocycles. The van der Waals surface area contributed by atoms with Crippen LogP contribution < -0.4 is 10.9 Å². The first-order valence-electron chi connectivity index (χ1n) is 8.80. The Morgan fingerprint density at radius 2 is 2.33 bits per heavy atom. The second-order valence-electron chi connectivity index (χ2n) is 6.66. The maximum absolute atomic E-state index is 12.9. The van der Waals surface area contributed by atoms with Gasteiger partial charge in [-0.05, 0) is 38.3 Å². The van der Waals surface area contributed by atoms with Crippen LogP contribution in [0.4, 0.5) is 0 Å². The molecule has 0 aromatic carbocycles. The topological polar surface area (TPSA) is 104 Å². The van der Waals surface area contributed by atoms with Crippen molar-refractivity contribution in [1.29, 1.82) is 0 Å². The second-order valence-corrected chi connectivity index (χ2v) is 7.62. The molecule has 27 heavy (non-hydrogen) atoms. The zero-order chi connectivity index (χ0) is 20.0. The summed E-state index contributed by atoms with van der Waals surface area (Å²) in [6.45, 7) is 9.05. The predicted octanol–water partition coefficient (Wildman–Crippen LogP) is 3.08. The Labute approximate surface area is 162 Å². The van der Waals surface area contributed by atoms with E-state index < -0.39 is 17.2 Å². The minimum absolute atomic E-state index is 0.258. The van der Waals surface area contributed by atoms with Crippen molar-refractivity contribution in [3.05, 3.63) is 46.5 Å². The Kier molecular flexibility index (Phi) is 7.01. The summed E-state index contributed by atoms with van der Waals surface area (Å²) >= 11 is 1.37. The molecule has 0 saturated carbocycles. The molecule has 1 aromatic rings. The largest absolute Gasteiger partial charge is 0.426 e. The molecule has 1 amide bonds. The molecule has 7 nitrogen and oxygen atoms in total. The lowest BCUT2D eigenvalue weighted by Crippen LogP contribution is -2.45. The number of rotatable bonds is 8. The van der Waals surface area contributed by atoms with Gasteiger partial charge in [0.05, 0.1) is 6.04 Å². The first-order valence-corrected chi connectivity index (χ1v) is 9.79. The number of hydrogen-bond donors (Lipinski definition) is 2. The van der Waals surface area contributed by atoms with E-state index in [0.717, 1.165) is 12.0 Å². The van der Waals surface area contributed by atoms with Crippen LogP contribution in [-0.4, -0.2) is 33.2 Å². The van der Waals surface area contributed by atoms with Gasteiger partial charge in [0.2, 0.25) is 5.91 Å². The average Bonchev–Trinajstić information content (AvgIpc) is 3.04. The molecule has 0 fully saturated rings. The van der Waals surface area contributed by atoms with Crippen molar-refractivity contribution in [3.8, 4) is 0 Å². The number of allylic oxidation sites excluding steroid dienone is 1. The van der Waals surface area contributed by atoms with Gasteiger partial charge in [-0.15, -0.1) is 18.3 Å². The van der Waals surface area contributed by atoms with Gasteiger partial charge in [-0.2, -0.15) is 0 Å².